The van der Waals surface area contributed by atoms with Crippen LogP contribution in [0.2, 0.25) is 0 Å². The fourth-order valence-corrected chi connectivity index (χ4v) is 4.33. The van der Waals surface area contributed by atoms with Gasteiger partial charge in [0.2, 0.25) is 17.8 Å². The third-order valence-electron chi connectivity index (χ3n) is 6.28. The molecule has 39 heavy (non-hydrogen) atoms. The van der Waals surface area contributed by atoms with E-state index in [1.165, 1.54) is 29.4 Å². The minimum Gasteiger partial charge on any atom is -0.378 e. The van der Waals surface area contributed by atoms with Gasteiger partial charge in [0.1, 0.15) is 6.33 Å². The lowest BCUT2D eigenvalue weighted by Crippen LogP contribution is -2.47. The minimum atomic E-state index is -2.79. The lowest BCUT2D eigenvalue weighted by Gasteiger charge is -2.27. The smallest absolute Gasteiger partial charge is 0.333 e. The van der Waals surface area contributed by atoms with Gasteiger partial charge in [-0.25, -0.2) is 9.67 Å². The van der Waals surface area contributed by atoms with E-state index in [9.17, 15) is 18.4 Å². The van der Waals surface area contributed by atoms with Crippen LogP contribution in [0, 0.1) is 0 Å². The number of hydrogen-bond acceptors (Lipinski definition) is 10. The predicted octanol–water partition coefficient (Wildman–Crippen LogP) is 0.185. The maximum Gasteiger partial charge on any atom is 0.333 e. The van der Waals surface area contributed by atoms with Gasteiger partial charge in [-0.05, 0) is 6.08 Å². The molecule has 0 saturated carbocycles. The van der Waals surface area contributed by atoms with E-state index in [1.807, 2.05) is 4.90 Å². The Morgan fingerprint density at radius 2 is 1.97 bits per heavy atom. The van der Waals surface area contributed by atoms with Gasteiger partial charge < -0.3 is 29.9 Å². The molecule has 3 aromatic heterocycles. The number of aromatic nitrogens is 6. The van der Waals surface area contributed by atoms with E-state index in [0.717, 1.165) is 0 Å². The van der Waals surface area contributed by atoms with Crippen LogP contribution in [0.4, 0.5) is 20.5 Å². The van der Waals surface area contributed by atoms with Gasteiger partial charge >= 0.3 is 6.55 Å². The van der Waals surface area contributed by atoms with Crippen molar-refractivity contribution >= 4 is 34.7 Å². The van der Waals surface area contributed by atoms with Crippen LogP contribution in [0.5, 0.6) is 0 Å². The quantitative estimate of drug-likeness (QED) is 0.376. The molecule has 2 saturated heterocycles. The fraction of sp³-hybridized carbons (Fsp3) is 0.478. The number of hydrogen-bond donors (Lipinski definition) is 2. The van der Waals surface area contributed by atoms with E-state index in [4.69, 9.17) is 9.47 Å². The molecule has 0 aliphatic carbocycles. The Bertz CT molecular complexity index is 1340. The highest BCUT2D eigenvalue weighted by molar-refractivity contribution is 5.89. The number of fused-ring (bicyclic) bond motifs is 1. The van der Waals surface area contributed by atoms with E-state index in [-0.39, 0.29) is 25.0 Å². The van der Waals surface area contributed by atoms with E-state index >= 15 is 0 Å². The summed E-state index contributed by atoms with van der Waals surface area (Å²) in [5.41, 5.74) is 1.06. The number of nitrogens with zero attached hydrogens (tertiary/aromatic N) is 8. The average molecular weight is 547 g/mol. The number of amides is 2. The summed E-state index contributed by atoms with van der Waals surface area (Å²) < 4.78 is 39.2. The van der Waals surface area contributed by atoms with Crippen molar-refractivity contribution in [1.29, 1.82) is 0 Å². The second-order valence-corrected chi connectivity index (χ2v) is 8.90. The van der Waals surface area contributed by atoms with Crippen molar-refractivity contribution in [1.82, 2.24) is 39.5 Å². The SMILES string of the molecule is C=CC(=O)N1CCOCC(NC(=O)CNc2nc(N3CCOCC3)nc3c2ncn3-c2cnn(C(F)F)c2)C1. The largest absolute Gasteiger partial charge is 0.378 e. The summed E-state index contributed by atoms with van der Waals surface area (Å²) in [4.78, 5) is 42.0. The highest BCUT2D eigenvalue weighted by Gasteiger charge is 2.24. The monoisotopic (exact) mass is 546 g/mol. The van der Waals surface area contributed by atoms with Crippen molar-refractivity contribution in [3.05, 3.63) is 31.4 Å². The molecule has 14 nitrogen and oxygen atoms in total. The number of carbonyl (C=O) groups excluding carboxylic acids is 2. The molecule has 2 aliphatic heterocycles. The Labute approximate surface area is 221 Å². The van der Waals surface area contributed by atoms with Gasteiger partial charge in [-0.2, -0.15) is 23.8 Å². The summed E-state index contributed by atoms with van der Waals surface area (Å²) >= 11 is 0. The van der Waals surface area contributed by atoms with Crippen LogP contribution < -0.4 is 15.5 Å². The topological polar surface area (TPSA) is 145 Å². The van der Waals surface area contributed by atoms with Crippen LogP contribution in [0.25, 0.3) is 16.9 Å². The van der Waals surface area contributed by atoms with E-state index < -0.39 is 12.6 Å². The van der Waals surface area contributed by atoms with Gasteiger partial charge in [0.15, 0.2) is 17.0 Å². The first kappa shape index (κ1) is 26.4. The molecule has 2 amide bonds. The van der Waals surface area contributed by atoms with Gasteiger partial charge in [-0.3, -0.25) is 14.2 Å². The van der Waals surface area contributed by atoms with Gasteiger partial charge in [0.05, 0.1) is 57.1 Å². The molecule has 1 unspecified atom stereocenters. The molecule has 5 rings (SSSR count). The molecular formula is C23H28F2N10O4. The second kappa shape index (κ2) is 11.7. The molecule has 3 aromatic rings. The van der Waals surface area contributed by atoms with Crippen LogP contribution >= 0.6 is 0 Å². The second-order valence-electron chi connectivity index (χ2n) is 8.90. The van der Waals surface area contributed by atoms with Crippen molar-refractivity contribution < 1.29 is 27.8 Å². The average Bonchev–Trinajstić information content (AvgIpc) is 3.54. The van der Waals surface area contributed by atoms with Gasteiger partial charge in [0, 0.05) is 26.2 Å². The Kier molecular flexibility index (Phi) is 7.92. The molecule has 0 spiro atoms. The lowest BCUT2D eigenvalue weighted by molar-refractivity contribution is -0.127. The first-order valence-corrected chi connectivity index (χ1v) is 12.4. The summed E-state index contributed by atoms with van der Waals surface area (Å²) in [6.45, 7) is 4.05. The molecule has 0 bridgehead atoms. The maximum atomic E-state index is 13.1. The van der Waals surface area contributed by atoms with E-state index in [2.05, 4.69) is 37.3 Å². The summed E-state index contributed by atoms with van der Waals surface area (Å²) in [6, 6.07) is -0.398. The van der Waals surface area contributed by atoms with Crippen LogP contribution in [-0.2, 0) is 19.1 Å². The first-order chi connectivity index (χ1) is 18.9. The summed E-state index contributed by atoms with van der Waals surface area (Å²) in [7, 11) is 0. The number of imidazole rings is 1. The number of ether oxygens (including phenoxy) is 2. The van der Waals surface area contributed by atoms with Crippen molar-refractivity contribution in [3.63, 3.8) is 0 Å². The van der Waals surface area contributed by atoms with Crippen LogP contribution in [0.3, 0.4) is 0 Å². The van der Waals surface area contributed by atoms with Crippen molar-refractivity contribution in [3.8, 4) is 5.69 Å². The number of halogens is 2. The summed E-state index contributed by atoms with van der Waals surface area (Å²) in [6.07, 6.45) is 5.15. The van der Waals surface area contributed by atoms with Crippen LogP contribution in [-0.4, -0.2) is 111 Å². The normalized spacial score (nSPS) is 18.3. The molecular weight excluding hydrogens is 518 g/mol. The Balaban J connectivity index is 1.37. The molecule has 0 aromatic carbocycles. The molecule has 5 heterocycles. The number of anilines is 2. The zero-order chi connectivity index (χ0) is 27.4. The molecule has 2 N–H and O–H groups in total. The third-order valence-corrected chi connectivity index (χ3v) is 6.28. The number of alkyl halides is 2. The third kappa shape index (κ3) is 5.96. The van der Waals surface area contributed by atoms with E-state index in [1.54, 1.807) is 4.90 Å². The van der Waals surface area contributed by atoms with Crippen molar-refractivity contribution in [2.45, 2.75) is 12.6 Å². The Hall–Kier alpha value is -4.18. The van der Waals surface area contributed by atoms with Crippen LogP contribution in [0.15, 0.2) is 31.4 Å². The summed E-state index contributed by atoms with van der Waals surface area (Å²) in [5, 5.41) is 9.60. The number of carbonyl (C=O) groups is 2. The van der Waals surface area contributed by atoms with Crippen molar-refractivity contribution in [2.24, 2.45) is 0 Å². The number of rotatable bonds is 8. The molecule has 1 atom stereocenters. The standard InChI is InChI=1S/C23H28F2N10O4/c1-2-18(37)33-5-8-39-13-15(11-33)29-17(36)10-26-20-19-21(31-23(30-20)32-3-6-38-7-4-32)34(14-27-19)16-9-28-35(12-16)22(24)25/h2,9,12,14-15,22H,1,3-8,10-11,13H2,(H,29,36)(H,26,30,31). The minimum absolute atomic E-state index is 0.142. The molecule has 2 fully saturated rings. The van der Waals surface area contributed by atoms with E-state index in [0.29, 0.717) is 79.3 Å². The zero-order valence-electron chi connectivity index (χ0n) is 21.0. The maximum absolute atomic E-state index is 13.1. The predicted molar refractivity (Wildman–Crippen MR) is 135 cm³/mol. The lowest BCUT2D eigenvalue weighted by atomic mass is 10.2. The number of nitrogens with one attached hydrogen (secondary N) is 2. The number of morpholine rings is 1. The Morgan fingerprint density at radius 3 is 2.72 bits per heavy atom. The van der Waals surface area contributed by atoms with Crippen molar-refractivity contribution in [2.75, 3.05) is 69.4 Å². The molecule has 2 aliphatic rings. The van der Waals surface area contributed by atoms with Crippen LogP contribution in [0.1, 0.15) is 6.55 Å². The Morgan fingerprint density at radius 1 is 1.18 bits per heavy atom. The molecule has 208 valence electrons. The van der Waals surface area contributed by atoms with Gasteiger partial charge in [0.25, 0.3) is 0 Å². The van der Waals surface area contributed by atoms with Gasteiger partial charge in [-0.15, -0.1) is 0 Å². The summed E-state index contributed by atoms with van der Waals surface area (Å²) in [5.74, 6) is 0.116. The fourth-order valence-electron chi connectivity index (χ4n) is 4.33. The first-order valence-electron chi connectivity index (χ1n) is 12.4. The highest BCUT2D eigenvalue weighted by Crippen LogP contribution is 2.26. The van der Waals surface area contributed by atoms with Gasteiger partial charge in [-0.1, -0.05) is 6.58 Å². The zero-order valence-corrected chi connectivity index (χ0v) is 21.0. The molecule has 0 radical (unpaired) electrons. The molecule has 16 heteroatoms. The highest BCUT2D eigenvalue weighted by atomic mass is 19.3.